The van der Waals surface area contributed by atoms with Crippen molar-refractivity contribution in [3.63, 3.8) is 0 Å². The van der Waals surface area contributed by atoms with Crippen LogP contribution < -0.4 is 4.74 Å². The van der Waals surface area contributed by atoms with Gasteiger partial charge in [-0.05, 0) is 80.1 Å². The molecule has 1 N–H and O–H groups in total. The van der Waals surface area contributed by atoms with Gasteiger partial charge in [-0.1, -0.05) is 29.7 Å². The fourth-order valence-electron chi connectivity index (χ4n) is 3.89. The van der Waals surface area contributed by atoms with Crippen molar-refractivity contribution < 1.29 is 14.2 Å². The monoisotopic (exact) mass is 478 g/mol. The number of likely N-dealkylation sites (tertiary alicyclic amines) is 1. The number of aryl methyl sites for hydroxylation is 1. The molecule has 2 aromatic carbocycles. The quantitative estimate of drug-likeness (QED) is 0.493. The number of hydrogen-bond donors (Lipinski definition) is 1. The summed E-state index contributed by atoms with van der Waals surface area (Å²) in [5.74, 6) is 6.18. The largest absolute Gasteiger partial charge is 0.492 e. The van der Waals surface area contributed by atoms with Crippen LogP contribution >= 0.6 is 11.6 Å². The summed E-state index contributed by atoms with van der Waals surface area (Å²) >= 11 is 5.92. The molecule has 0 spiro atoms. The van der Waals surface area contributed by atoms with Crippen LogP contribution in [0, 0.1) is 24.6 Å². The molecule has 6 heteroatoms. The van der Waals surface area contributed by atoms with Gasteiger partial charge in [0.1, 0.15) is 18.1 Å². The van der Waals surface area contributed by atoms with Crippen molar-refractivity contribution in [2.45, 2.75) is 32.3 Å². The van der Waals surface area contributed by atoms with E-state index in [1.165, 1.54) is 6.07 Å². The van der Waals surface area contributed by atoms with Gasteiger partial charge >= 0.3 is 0 Å². The third-order valence-corrected chi connectivity index (χ3v) is 6.37. The molecule has 34 heavy (non-hydrogen) atoms. The molecule has 1 aliphatic rings. The minimum atomic E-state index is -0.540. The Morgan fingerprint density at radius 2 is 1.82 bits per heavy atom. The zero-order valence-corrected chi connectivity index (χ0v) is 20.2. The van der Waals surface area contributed by atoms with Crippen LogP contribution in [0.15, 0.2) is 54.7 Å². The number of nitrogens with zero attached hydrogens (tertiary/aromatic N) is 2. The smallest absolute Gasteiger partial charge is 0.158 e. The number of halogens is 2. The Hall–Kier alpha value is -2.91. The maximum Gasteiger partial charge on any atom is 0.158 e. The number of hydrogen-bond acceptors (Lipinski definition) is 4. The predicted octanol–water partition coefficient (Wildman–Crippen LogP) is 5.47. The van der Waals surface area contributed by atoms with Crippen LogP contribution in [0.5, 0.6) is 5.75 Å². The molecule has 4 nitrogen and oxygen atoms in total. The van der Waals surface area contributed by atoms with E-state index in [1.807, 2.05) is 44.2 Å². The number of ether oxygens (including phenoxy) is 1. The molecule has 0 bridgehead atoms. The maximum atomic E-state index is 14.6. The van der Waals surface area contributed by atoms with E-state index < -0.39 is 11.4 Å². The van der Waals surface area contributed by atoms with E-state index in [1.54, 1.807) is 18.3 Å². The number of aromatic nitrogens is 1. The van der Waals surface area contributed by atoms with Gasteiger partial charge in [-0.3, -0.25) is 4.90 Å². The standard InChI is InChI=1S/C28H28ClFN2O2/c1-20-17-21(4-10-27(20)34-16-15-32-13-11-28(2,33)12-14-32)3-9-26-25(30)18-23(19-31-26)22-5-7-24(29)8-6-22/h4-8,10,17-19,33H,11-16H2,1-2H3. The summed E-state index contributed by atoms with van der Waals surface area (Å²) in [7, 11) is 0. The normalized spacial score (nSPS) is 15.4. The summed E-state index contributed by atoms with van der Waals surface area (Å²) in [4.78, 5) is 6.51. The van der Waals surface area contributed by atoms with Crippen molar-refractivity contribution in [1.29, 1.82) is 0 Å². The SMILES string of the molecule is Cc1cc(C#Cc2ncc(-c3ccc(Cl)cc3)cc2F)ccc1OCCN1CCC(C)(O)CC1. The summed E-state index contributed by atoms with van der Waals surface area (Å²) in [5.41, 5.74) is 2.82. The van der Waals surface area contributed by atoms with Gasteiger partial charge in [-0.15, -0.1) is 0 Å². The zero-order valence-electron chi connectivity index (χ0n) is 19.4. The molecule has 0 radical (unpaired) electrons. The molecule has 1 saturated heterocycles. The third-order valence-electron chi connectivity index (χ3n) is 6.12. The first kappa shape index (κ1) is 24.2. The topological polar surface area (TPSA) is 45.6 Å². The van der Waals surface area contributed by atoms with Gasteiger partial charge in [0.15, 0.2) is 5.82 Å². The van der Waals surface area contributed by atoms with Crippen molar-refractivity contribution in [2.24, 2.45) is 0 Å². The van der Waals surface area contributed by atoms with Gasteiger partial charge < -0.3 is 9.84 Å². The van der Waals surface area contributed by atoms with Gasteiger partial charge in [0.2, 0.25) is 0 Å². The maximum absolute atomic E-state index is 14.6. The second kappa shape index (κ2) is 10.6. The fourth-order valence-corrected chi connectivity index (χ4v) is 4.02. The predicted molar refractivity (Wildman–Crippen MR) is 134 cm³/mol. The molecule has 0 unspecified atom stereocenters. The minimum Gasteiger partial charge on any atom is -0.492 e. The van der Waals surface area contributed by atoms with E-state index in [0.717, 1.165) is 54.9 Å². The van der Waals surface area contributed by atoms with Crippen LogP contribution in [-0.2, 0) is 0 Å². The van der Waals surface area contributed by atoms with E-state index in [0.29, 0.717) is 17.2 Å². The molecule has 3 aromatic rings. The van der Waals surface area contributed by atoms with E-state index in [4.69, 9.17) is 16.3 Å². The molecule has 0 amide bonds. The van der Waals surface area contributed by atoms with Crippen LogP contribution in [0.1, 0.15) is 36.6 Å². The lowest BCUT2D eigenvalue weighted by atomic mass is 9.94. The minimum absolute atomic E-state index is 0.108. The lowest BCUT2D eigenvalue weighted by Gasteiger charge is -2.35. The summed E-state index contributed by atoms with van der Waals surface area (Å²) in [6, 6.07) is 14.3. The molecular formula is C28H28ClFN2O2. The van der Waals surface area contributed by atoms with Crippen molar-refractivity contribution in [2.75, 3.05) is 26.2 Å². The number of aliphatic hydroxyl groups is 1. The van der Waals surface area contributed by atoms with Gasteiger partial charge in [0.05, 0.1) is 5.60 Å². The first-order valence-corrected chi connectivity index (χ1v) is 11.8. The van der Waals surface area contributed by atoms with Gasteiger partial charge in [0, 0.05) is 42.0 Å². The highest BCUT2D eigenvalue weighted by Crippen LogP contribution is 2.23. The molecule has 0 saturated carbocycles. The molecule has 0 aliphatic carbocycles. The zero-order chi connectivity index (χ0) is 24.1. The van der Waals surface area contributed by atoms with Crippen molar-refractivity contribution in [3.05, 3.63) is 82.4 Å². The first-order valence-electron chi connectivity index (χ1n) is 11.4. The molecule has 1 fully saturated rings. The number of benzene rings is 2. The Morgan fingerprint density at radius 3 is 2.50 bits per heavy atom. The Bertz CT molecular complexity index is 1210. The molecule has 2 heterocycles. The van der Waals surface area contributed by atoms with Crippen molar-refractivity contribution >= 4 is 11.6 Å². The average Bonchev–Trinajstić information content (AvgIpc) is 2.81. The van der Waals surface area contributed by atoms with Crippen LogP contribution in [0.3, 0.4) is 0 Å². The Kier molecular flexibility index (Phi) is 7.53. The van der Waals surface area contributed by atoms with E-state index in [2.05, 4.69) is 21.7 Å². The Labute approximate surface area is 205 Å². The molecular weight excluding hydrogens is 451 g/mol. The number of rotatable bonds is 5. The lowest BCUT2D eigenvalue weighted by Crippen LogP contribution is -2.43. The molecule has 4 rings (SSSR count). The van der Waals surface area contributed by atoms with Gasteiger partial charge in [-0.2, -0.15) is 0 Å². The number of piperidine rings is 1. The second-order valence-electron chi connectivity index (χ2n) is 8.98. The molecule has 1 aliphatic heterocycles. The van der Waals surface area contributed by atoms with Crippen molar-refractivity contribution in [1.82, 2.24) is 9.88 Å². The van der Waals surface area contributed by atoms with E-state index in [-0.39, 0.29) is 5.69 Å². The Balaban J connectivity index is 1.36. The van der Waals surface area contributed by atoms with Crippen LogP contribution in [-0.4, -0.2) is 46.8 Å². The van der Waals surface area contributed by atoms with Gasteiger partial charge in [0.25, 0.3) is 0 Å². The summed E-state index contributed by atoms with van der Waals surface area (Å²) in [6.45, 7) is 7.05. The summed E-state index contributed by atoms with van der Waals surface area (Å²) in [6.07, 6.45) is 3.19. The van der Waals surface area contributed by atoms with E-state index in [9.17, 15) is 9.50 Å². The summed E-state index contributed by atoms with van der Waals surface area (Å²) < 4.78 is 20.5. The highest BCUT2D eigenvalue weighted by Gasteiger charge is 2.26. The van der Waals surface area contributed by atoms with Crippen LogP contribution in [0.2, 0.25) is 5.02 Å². The number of pyridine rings is 1. The average molecular weight is 479 g/mol. The van der Waals surface area contributed by atoms with E-state index >= 15 is 0 Å². The second-order valence-corrected chi connectivity index (χ2v) is 9.42. The van der Waals surface area contributed by atoms with Crippen LogP contribution in [0.25, 0.3) is 11.1 Å². The fraction of sp³-hybridized carbons (Fsp3) is 0.321. The molecule has 1 aromatic heterocycles. The van der Waals surface area contributed by atoms with Gasteiger partial charge in [-0.25, -0.2) is 9.37 Å². The first-order chi connectivity index (χ1) is 16.3. The highest BCUT2D eigenvalue weighted by atomic mass is 35.5. The highest BCUT2D eigenvalue weighted by molar-refractivity contribution is 6.30. The lowest BCUT2D eigenvalue weighted by molar-refractivity contribution is -0.00769. The molecule has 176 valence electrons. The van der Waals surface area contributed by atoms with Crippen LogP contribution in [0.4, 0.5) is 4.39 Å². The Morgan fingerprint density at radius 1 is 1.09 bits per heavy atom. The third kappa shape index (κ3) is 6.36. The summed E-state index contributed by atoms with van der Waals surface area (Å²) in [5, 5.41) is 10.7. The van der Waals surface area contributed by atoms with Crippen molar-refractivity contribution in [3.8, 4) is 28.7 Å². The molecule has 0 atom stereocenters.